The van der Waals surface area contributed by atoms with Gasteiger partial charge >= 0.3 is 5.97 Å². The molecule has 0 radical (unpaired) electrons. The Morgan fingerprint density at radius 3 is 2.76 bits per heavy atom. The maximum atomic E-state index is 12.9. The highest BCUT2D eigenvalue weighted by Gasteiger charge is 2.54. The minimum absolute atomic E-state index is 0.0157. The minimum Gasteiger partial charge on any atom is -0.477 e. The normalized spacial score (nSPS) is 18.7. The number of fused-ring (bicyclic) bond motifs is 1. The summed E-state index contributed by atoms with van der Waals surface area (Å²) in [7, 11) is 0. The van der Waals surface area contributed by atoms with Crippen LogP contribution in [0.4, 0.5) is 5.69 Å². The van der Waals surface area contributed by atoms with Crippen LogP contribution in [0.1, 0.15) is 0 Å². The fourth-order valence-electron chi connectivity index (χ4n) is 3.88. The van der Waals surface area contributed by atoms with E-state index in [1.165, 1.54) is 28.4 Å². The standard InChI is InChI=1S/C23H21Cl2N5O5S2/c24-13-3-4-15(25)16(6-13)36-11-18(32)28-19-21(33)30-20(23(34)35)12(10-37-22(19)30)8-29-5-1-2-14(9-29)27-17(31)7-26/h1-6,9,19,22H,7-8,10-11,26H2,(H2-,27,28,31,32,34,35)/p+1/t19-,22-/m1/s1. The third-order valence-electron chi connectivity index (χ3n) is 5.52. The number of nitrogens with one attached hydrogen (secondary N) is 2. The zero-order valence-corrected chi connectivity index (χ0v) is 22.3. The lowest BCUT2D eigenvalue weighted by Crippen LogP contribution is -2.70. The van der Waals surface area contributed by atoms with Gasteiger partial charge in [-0.2, -0.15) is 4.57 Å². The monoisotopic (exact) mass is 582 g/mol. The molecule has 4 rings (SSSR count). The summed E-state index contributed by atoms with van der Waals surface area (Å²) < 4.78 is 1.72. The molecule has 14 heteroatoms. The Labute approximate surface area is 230 Å². The summed E-state index contributed by atoms with van der Waals surface area (Å²) in [6.07, 6.45) is 3.38. The Hall–Kier alpha value is -2.77. The zero-order valence-electron chi connectivity index (χ0n) is 19.1. The molecule has 194 valence electrons. The van der Waals surface area contributed by atoms with E-state index < -0.39 is 23.3 Å². The van der Waals surface area contributed by atoms with Crippen molar-refractivity contribution in [3.63, 3.8) is 0 Å². The number of amides is 3. The number of rotatable bonds is 9. The Morgan fingerprint density at radius 2 is 2.03 bits per heavy atom. The molecule has 37 heavy (non-hydrogen) atoms. The molecule has 10 nitrogen and oxygen atoms in total. The van der Waals surface area contributed by atoms with Gasteiger partial charge in [0.05, 0.1) is 17.3 Å². The fraction of sp³-hybridized carbons (Fsp3) is 0.261. The molecule has 0 aliphatic carbocycles. The third kappa shape index (κ3) is 6.21. The molecule has 0 bridgehead atoms. The predicted molar refractivity (Wildman–Crippen MR) is 141 cm³/mol. The Morgan fingerprint density at radius 1 is 1.24 bits per heavy atom. The molecule has 1 fully saturated rings. The highest BCUT2D eigenvalue weighted by atomic mass is 35.5. The van der Waals surface area contributed by atoms with E-state index in [9.17, 15) is 24.3 Å². The van der Waals surface area contributed by atoms with Crippen LogP contribution in [0.25, 0.3) is 0 Å². The molecule has 2 aliphatic rings. The second-order valence-electron chi connectivity index (χ2n) is 8.09. The molecule has 5 N–H and O–H groups in total. The van der Waals surface area contributed by atoms with Gasteiger partial charge in [0, 0.05) is 27.3 Å². The number of anilines is 1. The van der Waals surface area contributed by atoms with Crippen LogP contribution >= 0.6 is 46.7 Å². The molecular weight excluding hydrogens is 561 g/mol. The molecule has 3 heterocycles. The number of benzene rings is 1. The van der Waals surface area contributed by atoms with Crippen LogP contribution in [-0.2, 0) is 25.7 Å². The fourth-order valence-corrected chi connectivity index (χ4v) is 6.52. The number of nitrogens with two attached hydrogens (primary N) is 1. The quantitative estimate of drug-likeness (QED) is 0.198. The molecule has 0 spiro atoms. The minimum atomic E-state index is -1.22. The van der Waals surface area contributed by atoms with Crippen molar-refractivity contribution in [3.05, 3.63) is 64.0 Å². The summed E-state index contributed by atoms with van der Waals surface area (Å²) in [4.78, 5) is 51.0. The van der Waals surface area contributed by atoms with Crippen molar-refractivity contribution in [2.45, 2.75) is 22.9 Å². The summed E-state index contributed by atoms with van der Waals surface area (Å²) in [6, 6.07) is 7.50. The number of β-lactam (4-membered cyclic amide) rings is 1. The van der Waals surface area contributed by atoms with Crippen molar-refractivity contribution in [3.8, 4) is 0 Å². The van der Waals surface area contributed by atoms with Gasteiger partial charge < -0.3 is 21.5 Å². The van der Waals surface area contributed by atoms with Gasteiger partial charge in [0.1, 0.15) is 22.8 Å². The second kappa shape index (κ2) is 11.7. The van der Waals surface area contributed by atoms with Crippen LogP contribution in [0.15, 0.2) is 58.9 Å². The Kier molecular flexibility index (Phi) is 8.65. The van der Waals surface area contributed by atoms with Gasteiger partial charge in [-0.3, -0.25) is 19.3 Å². The van der Waals surface area contributed by atoms with Crippen molar-refractivity contribution in [1.82, 2.24) is 10.2 Å². The van der Waals surface area contributed by atoms with Crippen molar-refractivity contribution in [2.24, 2.45) is 5.73 Å². The van der Waals surface area contributed by atoms with Crippen molar-refractivity contribution in [2.75, 3.05) is 23.4 Å². The first-order valence-corrected chi connectivity index (χ1v) is 13.7. The largest absolute Gasteiger partial charge is 0.477 e. The zero-order chi connectivity index (χ0) is 26.7. The number of carbonyl (C=O) groups excluding carboxylic acids is 3. The van der Waals surface area contributed by atoms with Gasteiger partial charge in [0.25, 0.3) is 5.91 Å². The van der Waals surface area contributed by atoms with Crippen LogP contribution in [0.3, 0.4) is 0 Å². The number of aliphatic carboxylic acids is 1. The summed E-state index contributed by atoms with van der Waals surface area (Å²) >= 11 is 14.7. The summed E-state index contributed by atoms with van der Waals surface area (Å²) in [5.41, 5.74) is 6.28. The number of carbonyl (C=O) groups is 4. The van der Waals surface area contributed by atoms with Gasteiger partial charge in [-0.25, -0.2) is 4.79 Å². The lowest BCUT2D eigenvalue weighted by atomic mass is 10.0. The first-order valence-electron chi connectivity index (χ1n) is 10.9. The first kappa shape index (κ1) is 27.3. The number of hydrogen-bond acceptors (Lipinski definition) is 7. The highest BCUT2D eigenvalue weighted by Crippen LogP contribution is 2.40. The van der Waals surface area contributed by atoms with Crippen LogP contribution in [0.5, 0.6) is 0 Å². The van der Waals surface area contributed by atoms with E-state index in [4.69, 9.17) is 28.9 Å². The second-order valence-corrected chi connectivity index (χ2v) is 11.1. The lowest BCUT2D eigenvalue weighted by Gasteiger charge is -2.49. The van der Waals surface area contributed by atoms with E-state index in [-0.39, 0.29) is 36.4 Å². The number of thioether (sulfide) groups is 2. The predicted octanol–water partition coefficient (Wildman–Crippen LogP) is 1.71. The highest BCUT2D eigenvalue weighted by molar-refractivity contribution is 8.00. The number of pyridine rings is 1. The number of hydrogen-bond donors (Lipinski definition) is 4. The molecule has 2 atom stereocenters. The van der Waals surface area contributed by atoms with E-state index in [1.807, 2.05) is 0 Å². The van der Waals surface area contributed by atoms with E-state index in [1.54, 1.807) is 47.3 Å². The molecular formula is C23H22Cl2N5O5S2+. The number of carboxylic acid groups (broad SMARTS) is 1. The third-order valence-corrected chi connectivity index (χ3v) is 8.59. The number of carboxylic acids is 1. The van der Waals surface area contributed by atoms with Crippen molar-refractivity contribution >= 4 is 76.1 Å². The number of aromatic nitrogens is 1. The van der Waals surface area contributed by atoms with E-state index >= 15 is 0 Å². The molecule has 0 saturated carbocycles. The van der Waals surface area contributed by atoms with Gasteiger partial charge in [-0.05, 0) is 24.3 Å². The maximum Gasteiger partial charge on any atom is 0.352 e. The lowest BCUT2D eigenvalue weighted by molar-refractivity contribution is -0.688. The van der Waals surface area contributed by atoms with Gasteiger partial charge in [-0.1, -0.05) is 23.2 Å². The van der Waals surface area contributed by atoms with Crippen molar-refractivity contribution in [1.29, 1.82) is 0 Å². The summed E-state index contributed by atoms with van der Waals surface area (Å²) in [5.74, 6) is -2.08. The van der Waals surface area contributed by atoms with Crippen molar-refractivity contribution < 1.29 is 28.9 Å². The molecule has 2 aliphatic heterocycles. The SMILES string of the molecule is NCC(=O)Nc1ccc[n+](CC2=C(C(=O)O)N3C(=O)[C@@H](NC(=O)CSc4cc(Cl)ccc4Cl)[C@H]3SC2)c1. The van der Waals surface area contributed by atoms with Crippen LogP contribution in [0.2, 0.25) is 10.0 Å². The summed E-state index contributed by atoms with van der Waals surface area (Å²) in [6.45, 7) is 0.0363. The molecule has 1 saturated heterocycles. The Balaban J connectivity index is 1.42. The first-order chi connectivity index (χ1) is 17.7. The van der Waals surface area contributed by atoms with Crippen LogP contribution in [-0.4, -0.2) is 63.2 Å². The van der Waals surface area contributed by atoms with Gasteiger partial charge in [-0.15, -0.1) is 23.5 Å². The van der Waals surface area contributed by atoms with Crippen LogP contribution < -0.4 is 20.9 Å². The van der Waals surface area contributed by atoms with E-state index in [0.29, 0.717) is 32.0 Å². The summed E-state index contributed by atoms with van der Waals surface area (Å²) in [5, 5.41) is 15.7. The van der Waals surface area contributed by atoms with Gasteiger partial charge in [0.15, 0.2) is 18.9 Å². The molecule has 2 aromatic rings. The average Bonchev–Trinajstić information content (AvgIpc) is 2.87. The number of halogens is 2. The Bertz CT molecular complexity index is 1310. The molecule has 3 amide bonds. The topological polar surface area (TPSA) is 146 Å². The average molecular weight is 583 g/mol. The van der Waals surface area contributed by atoms with E-state index in [0.717, 1.165) is 0 Å². The van der Waals surface area contributed by atoms with E-state index in [2.05, 4.69) is 10.6 Å². The molecule has 1 aromatic heterocycles. The molecule has 1 aromatic carbocycles. The maximum absolute atomic E-state index is 12.9. The smallest absolute Gasteiger partial charge is 0.352 e. The number of nitrogens with zero attached hydrogens (tertiary/aromatic N) is 2. The van der Waals surface area contributed by atoms with Gasteiger partial charge in [0.2, 0.25) is 11.8 Å². The molecule has 0 unspecified atom stereocenters. The van der Waals surface area contributed by atoms with Crippen LogP contribution in [0, 0.1) is 0 Å².